The van der Waals surface area contributed by atoms with Crippen molar-refractivity contribution >= 4 is 11.6 Å². The largest absolute Gasteiger partial charge is 0.416 e. The highest BCUT2D eigenvalue weighted by Gasteiger charge is 2.32. The molecule has 1 N–H and O–H groups in total. The zero-order valence-electron chi connectivity index (χ0n) is 13.4. The number of rotatable bonds is 1. The van der Waals surface area contributed by atoms with Crippen LogP contribution in [0, 0.1) is 0 Å². The number of fused-ring (bicyclic) bond motifs is 2. The van der Waals surface area contributed by atoms with E-state index in [2.05, 4.69) is 10.1 Å². The maximum Gasteiger partial charge on any atom is 0.416 e. The molecule has 134 valence electrons. The smallest absolute Gasteiger partial charge is 0.334 e. The van der Waals surface area contributed by atoms with E-state index in [1.807, 2.05) is 0 Å². The van der Waals surface area contributed by atoms with Crippen LogP contribution in [-0.2, 0) is 19.1 Å². The molecule has 2 aromatic heterocycles. The van der Waals surface area contributed by atoms with Gasteiger partial charge in [-0.25, -0.2) is 9.50 Å². The number of carbonyl (C=O) groups is 1. The molecule has 0 aliphatic carbocycles. The third-order valence-electron chi connectivity index (χ3n) is 4.42. The fraction of sp³-hybridized carbons (Fsp3) is 0.235. The lowest BCUT2D eigenvalue weighted by molar-refractivity contribution is -0.137. The first-order valence-corrected chi connectivity index (χ1v) is 7.89. The lowest BCUT2D eigenvalue weighted by Crippen LogP contribution is -2.40. The number of aromatic amines is 1. The Balaban J connectivity index is 1.67. The molecule has 26 heavy (non-hydrogen) atoms. The molecular formula is C17H13F3N4O2. The lowest BCUT2D eigenvalue weighted by Gasteiger charge is -2.28. The number of alkyl halides is 3. The maximum absolute atomic E-state index is 12.9. The molecular weight excluding hydrogens is 349 g/mol. The number of benzene rings is 1. The number of hydrogen-bond donors (Lipinski definition) is 1. The van der Waals surface area contributed by atoms with Crippen LogP contribution < -0.4 is 5.56 Å². The molecule has 1 amide bonds. The monoisotopic (exact) mass is 362 g/mol. The first-order valence-electron chi connectivity index (χ1n) is 7.89. The van der Waals surface area contributed by atoms with E-state index >= 15 is 0 Å². The molecule has 1 aliphatic rings. The van der Waals surface area contributed by atoms with Crippen molar-refractivity contribution in [2.24, 2.45) is 0 Å². The SMILES string of the molecule is O=C(c1cccc(C(F)(F)F)c1)N1CCc2nc3cc[nH]n3c(=O)c2C1. The van der Waals surface area contributed by atoms with Gasteiger partial charge in [-0.1, -0.05) is 6.07 Å². The van der Waals surface area contributed by atoms with Gasteiger partial charge in [-0.3, -0.25) is 14.7 Å². The van der Waals surface area contributed by atoms with Crippen LogP contribution in [0.3, 0.4) is 0 Å². The number of amides is 1. The molecule has 0 saturated carbocycles. The van der Waals surface area contributed by atoms with E-state index in [0.717, 1.165) is 12.1 Å². The molecule has 1 aliphatic heterocycles. The fourth-order valence-corrected chi connectivity index (χ4v) is 3.10. The lowest BCUT2D eigenvalue weighted by atomic mass is 10.0. The summed E-state index contributed by atoms with van der Waals surface area (Å²) in [5.74, 6) is -0.544. The van der Waals surface area contributed by atoms with E-state index in [1.54, 1.807) is 12.3 Å². The normalized spacial score (nSPS) is 14.5. The summed E-state index contributed by atoms with van der Waals surface area (Å²) in [6, 6.07) is 5.96. The van der Waals surface area contributed by atoms with Crippen molar-refractivity contribution in [1.29, 1.82) is 0 Å². The topological polar surface area (TPSA) is 70.5 Å². The third kappa shape index (κ3) is 2.65. The number of hydrogen-bond acceptors (Lipinski definition) is 3. The number of carbonyl (C=O) groups excluding carboxylic acids is 1. The van der Waals surface area contributed by atoms with Gasteiger partial charge in [0.05, 0.1) is 23.4 Å². The van der Waals surface area contributed by atoms with Crippen molar-refractivity contribution < 1.29 is 18.0 Å². The standard InChI is InChI=1S/C17H13F3N4O2/c18-17(19,20)11-3-1-2-10(8-11)15(25)23-7-5-13-12(9-23)16(26)24-14(22-13)4-6-21-24/h1-4,6,8,21H,5,7,9H2. The van der Waals surface area contributed by atoms with Crippen molar-refractivity contribution in [2.75, 3.05) is 6.54 Å². The zero-order chi connectivity index (χ0) is 18.5. The highest BCUT2D eigenvalue weighted by molar-refractivity contribution is 5.94. The van der Waals surface area contributed by atoms with Crippen LogP contribution in [0.2, 0.25) is 0 Å². The second-order valence-corrected chi connectivity index (χ2v) is 6.05. The van der Waals surface area contributed by atoms with E-state index in [9.17, 15) is 22.8 Å². The predicted molar refractivity (Wildman–Crippen MR) is 85.7 cm³/mol. The van der Waals surface area contributed by atoms with Gasteiger partial charge >= 0.3 is 6.18 Å². The highest BCUT2D eigenvalue weighted by atomic mass is 19.4. The summed E-state index contributed by atoms with van der Waals surface area (Å²) in [6.45, 7) is 0.299. The van der Waals surface area contributed by atoms with E-state index in [-0.39, 0.29) is 24.2 Å². The Kier molecular flexibility index (Phi) is 3.60. The van der Waals surface area contributed by atoms with Gasteiger partial charge in [-0.2, -0.15) is 13.2 Å². The Labute approximate surface area is 144 Å². The number of nitrogens with zero attached hydrogens (tertiary/aromatic N) is 3. The Morgan fingerprint density at radius 1 is 1.23 bits per heavy atom. The van der Waals surface area contributed by atoms with Gasteiger partial charge in [-0.05, 0) is 18.2 Å². The predicted octanol–water partition coefficient (Wildman–Crippen LogP) is 2.24. The highest BCUT2D eigenvalue weighted by Crippen LogP contribution is 2.30. The second kappa shape index (κ2) is 5.72. The Morgan fingerprint density at radius 2 is 2.04 bits per heavy atom. The summed E-state index contributed by atoms with van der Waals surface area (Å²) in [6.07, 6.45) is -2.57. The minimum Gasteiger partial charge on any atom is -0.334 e. The van der Waals surface area contributed by atoms with E-state index in [0.29, 0.717) is 23.3 Å². The third-order valence-corrected chi connectivity index (χ3v) is 4.42. The van der Waals surface area contributed by atoms with Crippen molar-refractivity contribution in [1.82, 2.24) is 19.5 Å². The molecule has 0 unspecified atom stereocenters. The van der Waals surface area contributed by atoms with Gasteiger partial charge in [-0.15, -0.1) is 0 Å². The average Bonchev–Trinajstić information content (AvgIpc) is 3.09. The molecule has 0 bridgehead atoms. The van der Waals surface area contributed by atoms with E-state index in [4.69, 9.17) is 0 Å². The fourth-order valence-electron chi connectivity index (χ4n) is 3.10. The van der Waals surface area contributed by atoms with Gasteiger partial charge < -0.3 is 4.90 Å². The van der Waals surface area contributed by atoms with Crippen LogP contribution in [0.15, 0.2) is 41.3 Å². The zero-order valence-corrected chi connectivity index (χ0v) is 13.4. The van der Waals surface area contributed by atoms with Gasteiger partial charge in [0.2, 0.25) is 0 Å². The van der Waals surface area contributed by atoms with Gasteiger partial charge in [0.1, 0.15) is 0 Å². The van der Waals surface area contributed by atoms with Crippen molar-refractivity contribution in [3.63, 3.8) is 0 Å². The Hall–Kier alpha value is -3.10. The summed E-state index contributed by atoms with van der Waals surface area (Å²) in [5, 5.41) is 2.75. The van der Waals surface area contributed by atoms with E-state index in [1.165, 1.54) is 21.5 Å². The minimum absolute atomic E-state index is 0.0121. The average molecular weight is 362 g/mol. The molecule has 0 radical (unpaired) electrons. The summed E-state index contributed by atoms with van der Waals surface area (Å²) < 4.78 is 39.9. The Bertz CT molecular complexity index is 1070. The van der Waals surface area contributed by atoms with E-state index < -0.39 is 17.6 Å². The molecule has 0 fully saturated rings. The summed E-state index contributed by atoms with van der Waals surface area (Å²) in [7, 11) is 0. The molecule has 6 nitrogen and oxygen atoms in total. The van der Waals surface area contributed by atoms with Crippen LogP contribution in [0.5, 0.6) is 0 Å². The van der Waals surface area contributed by atoms with Crippen molar-refractivity contribution in [3.05, 3.63) is 69.3 Å². The summed E-state index contributed by atoms with van der Waals surface area (Å²) >= 11 is 0. The quantitative estimate of drug-likeness (QED) is 0.722. The molecule has 0 spiro atoms. The molecule has 0 atom stereocenters. The number of H-pyrrole nitrogens is 1. The first kappa shape index (κ1) is 16.4. The van der Waals surface area contributed by atoms with Crippen LogP contribution in [0.1, 0.15) is 27.2 Å². The van der Waals surface area contributed by atoms with Crippen LogP contribution in [-0.4, -0.2) is 31.9 Å². The Morgan fingerprint density at radius 3 is 2.81 bits per heavy atom. The van der Waals surface area contributed by atoms with Gasteiger partial charge in [0, 0.05) is 30.8 Å². The van der Waals surface area contributed by atoms with Gasteiger partial charge in [0.15, 0.2) is 5.65 Å². The minimum atomic E-state index is -4.52. The summed E-state index contributed by atoms with van der Waals surface area (Å²) in [4.78, 5) is 30.9. The van der Waals surface area contributed by atoms with Crippen molar-refractivity contribution in [3.8, 4) is 0 Å². The van der Waals surface area contributed by atoms with Crippen LogP contribution >= 0.6 is 0 Å². The number of nitrogens with one attached hydrogen (secondary N) is 1. The molecule has 1 aromatic carbocycles. The van der Waals surface area contributed by atoms with Crippen molar-refractivity contribution in [2.45, 2.75) is 19.1 Å². The van der Waals surface area contributed by atoms with Crippen LogP contribution in [0.25, 0.3) is 5.65 Å². The van der Waals surface area contributed by atoms with Crippen LogP contribution in [0.4, 0.5) is 13.2 Å². The molecule has 9 heteroatoms. The maximum atomic E-state index is 12.9. The number of aromatic nitrogens is 3. The molecule has 3 aromatic rings. The molecule has 3 heterocycles. The summed E-state index contributed by atoms with van der Waals surface area (Å²) in [5.41, 5.74) is 0.232. The van der Waals surface area contributed by atoms with Gasteiger partial charge in [0.25, 0.3) is 11.5 Å². The molecule has 4 rings (SSSR count). The second-order valence-electron chi connectivity index (χ2n) is 6.05. The molecule has 0 saturated heterocycles. The number of halogens is 3. The first-order chi connectivity index (χ1) is 12.3.